The second-order valence-corrected chi connectivity index (χ2v) is 5.66. The molecule has 0 spiro atoms. The molecule has 1 aromatic rings. The molecule has 0 radical (unpaired) electrons. The average molecular weight is 249 g/mol. The van der Waals surface area contributed by atoms with Crippen LogP contribution in [0, 0.1) is 5.92 Å². The minimum atomic E-state index is -0.109. The highest BCUT2D eigenvalue weighted by Gasteiger charge is 2.19. The molecule has 1 aromatic heterocycles. The van der Waals surface area contributed by atoms with Gasteiger partial charge in [0.15, 0.2) is 0 Å². The van der Waals surface area contributed by atoms with E-state index in [1.54, 1.807) is 0 Å². The van der Waals surface area contributed by atoms with E-state index in [2.05, 4.69) is 29.4 Å². The van der Waals surface area contributed by atoms with Gasteiger partial charge < -0.3 is 10.4 Å². The third kappa shape index (κ3) is 3.95. The SMILES string of the molecule is CC(C)Cc1ccc(NC2CCC(O)CC2)nn1. The Morgan fingerprint density at radius 1 is 1.22 bits per heavy atom. The van der Waals surface area contributed by atoms with Crippen LogP contribution >= 0.6 is 0 Å². The molecule has 18 heavy (non-hydrogen) atoms. The number of aromatic nitrogens is 2. The molecule has 1 aliphatic carbocycles. The summed E-state index contributed by atoms with van der Waals surface area (Å²) in [5.41, 5.74) is 1.05. The van der Waals surface area contributed by atoms with Crippen molar-refractivity contribution in [2.24, 2.45) is 5.92 Å². The normalized spacial score (nSPS) is 24.2. The van der Waals surface area contributed by atoms with Gasteiger partial charge in [0.05, 0.1) is 11.8 Å². The Morgan fingerprint density at radius 2 is 1.94 bits per heavy atom. The van der Waals surface area contributed by atoms with E-state index in [4.69, 9.17) is 0 Å². The zero-order valence-corrected chi connectivity index (χ0v) is 11.3. The third-order valence-corrected chi connectivity index (χ3v) is 3.39. The predicted octanol–water partition coefficient (Wildman–Crippen LogP) is 2.39. The summed E-state index contributed by atoms with van der Waals surface area (Å²) in [6.45, 7) is 4.36. The summed E-state index contributed by atoms with van der Waals surface area (Å²) < 4.78 is 0. The number of nitrogens with one attached hydrogen (secondary N) is 1. The van der Waals surface area contributed by atoms with Crippen molar-refractivity contribution < 1.29 is 5.11 Å². The monoisotopic (exact) mass is 249 g/mol. The first-order valence-corrected chi connectivity index (χ1v) is 6.90. The molecule has 1 fully saturated rings. The maximum Gasteiger partial charge on any atom is 0.148 e. The van der Waals surface area contributed by atoms with Crippen LogP contribution in [0.1, 0.15) is 45.2 Å². The van der Waals surface area contributed by atoms with Crippen LogP contribution in [0.5, 0.6) is 0 Å². The van der Waals surface area contributed by atoms with Gasteiger partial charge in [0.25, 0.3) is 0 Å². The second kappa shape index (κ2) is 6.14. The van der Waals surface area contributed by atoms with Crippen molar-refractivity contribution in [2.45, 2.75) is 58.1 Å². The summed E-state index contributed by atoms with van der Waals surface area (Å²) in [6.07, 6.45) is 4.66. The largest absolute Gasteiger partial charge is 0.393 e. The van der Waals surface area contributed by atoms with Gasteiger partial charge >= 0.3 is 0 Å². The highest BCUT2D eigenvalue weighted by Crippen LogP contribution is 2.21. The summed E-state index contributed by atoms with van der Waals surface area (Å²) in [5, 5.41) is 21.3. The van der Waals surface area contributed by atoms with E-state index < -0.39 is 0 Å². The van der Waals surface area contributed by atoms with Crippen molar-refractivity contribution in [1.82, 2.24) is 10.2 Å². The van der Waals surface area contributed by atoms with Crippen LogP contribution in [-0.4, -0.2) is 27.4 Å². The van der Waals surface area contributed by atoms with Crippen molar-refractivity contribution in [2.75, 3.05) is 5.32 Å². The first-order valence-electron chi connectivity index (χ1n) is 6.90. The number of anilines is 1. The van der Waals surface area contributed by atoms with Gasteiger partial charge in [-0.2, -0.15) is 5.10 Å². The number of aliphatic hydroxyl groups is 1. The quantitative estimate of drug-likeness (QED) is 0.860. The summed E-state index contributed by atoms with van der Waals surface area (Å²) >= 11 is 0. The van der Waals surface area contributed by atoms with Gasteiger partial charge in [0.2, 0.25) is 0 Å². The van der Waals surface area contributed by atoms with Crippen molar-refractivity contribution in [3.05, 3.63) is 17.8 Å². The fourth-order valence-corrected chi connectivity index (χ4v) is 2.39. The number of rotatable bonds is 4. The maximum atomic E-state index is 9.46. The van der Waals surface area contributed by atoms with Crippen LogP contribution in [-0.2, 0) is 6.42 Å². The lowest BCUT2D eigenvalue weighted by atomic mass is 9.93. The maximum absolute atomic E-state index is 9.46. The summed E-state index contributed by atoms with van der Waals surface area (Å²) in [7, 11) is 0. The second-order valence-electron chi connectivity index (χ2n) is 5.66. The lowest BCUT2D eigenvalue weighted by molar-refractivity contribution is 0.126. The lowest BCUT2D eigenvalue weighted by Crippen LogP contribution is -2.28. The highest BCUT2D eigenvalue weighted by atomic mass is 16.3. The van der Waals surface area contributed by atoms with Crippen molar-refractivity contribution >= 4 is 5.82 Å². The number of hydrogen-bond acceptors (Lipinski definition) is 4. The fraction of sp³-hybridized carbons (Fsp3) is 0.714. The van der Waals surface area contributed by atoms with E-state index >= 15 is 0 Å². The zero-order chi connectivity index (χ0) is 13.0. The van der Waals surface area contributed by atoms with E-state index in [0.717, 1.165) is 43.6 Å². The molecule has 2 N–H and O–H groups in total. The molecule has 0 amide bonds. The van der Waals surface area contributed by atoms with Crippen LogP contribution in [0.25, 0.3) is 0 Å². The zero-order valence-electron chi connectivity index (χ0n) is 11.3. The van der Waals surface area contributed by atoms with Gasteiger partial charge in [0.1, 0.15) is 5.82 Å². The van der Waals surface area contributed by atoms with Gasteiger partial charge in [0, 0.05) is 6.04 Å². The summed E-state index contributed by atoms with van der Waals surface area (Å²) in [4.78, 5) is 0. The van der Waals surface area contributed by atoms with Gasteiger partial charge in [-0.05, 0) is 50.2 Å². The van der Waals surface area contributed by atoms with Crippen molar-refractivity contribution in [3.8, 4) is 0 Å². The van der Waals surface area contributed by atoms with Crippen LogP contribution in [0.4, 0.5) is 5.82 Å². The van der Waals surface area contributed by atoms with Crippen molar-refractivity contribution in [1.29, 1.82) is 0 Å². The third-order valence-electron chi connectivity index (χ3n) is 3.39. The van der Waals surface area contributed by atoms with E-state index in [9.17, 15) is 5.11 Å². The fourth-order valence-electron chi connectivity index (χ4n) is 2.39. The van der Waals surface area contributed by atoms with E-state index in [0.29, 0.717) is 12.0 Å². The average Bonchev–Trinajstić information content (AvgIpc) is 2.34. The molecule has 4 nitrogen and oxygen atoms in total. The number of nitrogens with zero attached hydrogens (tertiary/aromatic N) is 2. The number of hydrogen-bond donors (Lipinski definition) is 2. The highest BCUT2D eigenvalue weighted by molar-refractivity contribution is 5.34. The Hall–Kier alpha value is -1.16. The van der Waals surface area contributed by atoms with Crippen LogP contribution < -0.4 is 5.32 Å². The molecule has 4 heteroatoms. The predicted molar refractivity (Wildman–Crippen MR) is 72.5 cm³/mol. The number of aliphatic hydroxyl groups excluding tert-OH is 1. The Morgan fingerprint density at radius 3 is 2.50 bits per heavy atom. The first-order chi connectivity index (χ1) is 8.63. The first kappa shape index (κ1) is 13.3. The van der Waals surface area contributed by atoms with Gasteiger partial charge in [-0.25, -0.2) is 0 Å². The minimum Gasteiger partial charge on any atom is -0.393 e. The lowest BCUT2D eigenvalue weighted by Gasteiger charge is -2.26. The van der Waals surface area contributed by atoms with Crippen molar-refractivity contribution in [3.63, 3.8) is 0 Å². The Labute approximate surface area is 109 Å². The van der Waals surface area contributed by atoms with Crippen LogP contribution in [0.15, 0.2) is 12.1 Å². The van der Waals surface area contributed by atoms with Gasteiger partial charge in [-0.15, -0.1) is 5.10 Å². The van der Waals surface area contributed by atoms with Gasteiger partial charge in [-0.3, -0.25) is 0 Å². The Kier molecular flexibility index (Phi) is 4.53. The molecule has 0 bridgehead atoms. The van der Waals surface area contributed by atoms with E-state index in [1.165, 1.54) is 0 Å². The van der Waals surface area contributed by atoms with Crippen LogP contribution in [0.2, 0.25) is 0 Å². The smallest absolute Gasteiger partial charge is 0.148 e. The Balaban J connectivity index is 1.86. The Bertz CT molecular complexity index is 356. The molecular weight excluding hydrogens is 226 g/mol. The summed E-state index contributed by atoms with van der Waals surface area (Å²) in [5.74, 6) is 1.46. The van der Waals surface area contributed by atoms with Gasteiger partial charge in [-0.1, -0.05) is 13.8 Å². The molecule has 0 aromatic carbocycles. The molecule has 1 aliphatic rings. The molecule has 1 saturated carbocycles. The minimum absolute atomic E-state index is 0.109. The van der Waals surface area contributed by atoms with Crippen LogP contribution in [0.3, 0.4) is 0 Å². The van der Waals surface area contributed by atoms with E-state index in [-0.39, 0.29) is 6.10 Å². The molecule has 100 valence electrons. The topological polar surface area (TPSA) is 58.0 Å². The molecule has 1 heterocycles. The molecular formula is C14H23N3O. The van der Waals surface area contributed by atoms with E-state index in [1.807, 2.05) is 12.1 Å². The molecule has 0 saturated heterocycles. The standard InChI is InChI=1S/C14H23N3O/c1-10(2)9-12-5-8-14(17-16-12)15-11-3-6-13(18)7-4-11/h5,8,10-11,13,18H,3-4,6-7,9H2,1-2H3,(H,15,17). The molecule has 2 rings (SSSR count). The molecule has 0 unspecified atom stereocenters. The molecule has 0 aliphatic heterocycles. The molecule has 0 atom stereocenters. The summed E-state index contributed by atoms with van der Waals surface area (Å²) in [6, 6.07) is 4.49.